The Kier molecular flexibility index (Phi) is 4.95. The second kappa shape index (κ2) is 6.49. The molecule has 4 nitrogen and oxygen atoms in total. The number of rotatable bonds is 5. The summed E-state index contributed by atoms with van der Waals surface area (Å²) in [6, 6.07) is 0. The molecule has 1 N–H and O–H groups in total. The first-order valence-electron chi connectivity index (χ1n) is 5.82. The van der Waals surface area contributed by atoms with Crippen molar-refractivity contribution in [3.05, 3.63) is 27.2 Å². The average molecular weight is 313 g/mol. The van der Waals surface area contributed by atoms with Crippen LogP contribution in [0.25, 0.3) is 0 Å². The minimum atomic E-state index is -0.143. The van der Waals surface area contributed by atoms with Crippen LogP contribution in [0.15, 0.2) is 15.1 Å². The molecule has 2 rings (SSSR count). The summed E-state index contributed by atoms with van der Waals surface area (Å²) in [5, 5.41) is 7.71. The summed E-state index contributed by atoms with van der Waals surface area (Å²) < 4.78 is 0.904. The Morgan fingerprint density at radius 2 is 2.16 bits per heavy atom. The fourth-order valence-electron chi connectivity index (χ4n) is 1.39. The van der Waals surface area contributed by atoms with Crippen molar-refractivity contribution in [2.75, 3.05) is 6.26 Å². The number of hydrogen-bond acceptors (Lipinski definition) is 6. The van der Waals surface area contributed by atoms with E-state index >= 15 is 0 Å². The molecule has 102 valence electrons. The van der Waals surface area contributed by atoms with Gasteiger partial charge in [-0.1, -0.05) is 25.6 Å². The smallest absolute Gasteiger partial charge is 0.271 e. The van der Waals surface area contributed by atoms with Crippen LogP contribution in [-0.4, -0.2) is 22.1 Å². The van der Waals surface area contributed by atoms with Gasteiger partial charge in [-0.25, -0.2) is 9.97 Å². The zero-order valence-corrected chi connectivity index (χ0v) is 13.4. The highest BCUT2D eigenvalue weighted by molar-refractivity contribution is 8.00. The molecule has 0 aliphatic carbocycles. The fourth-order valence-corrected chi connectivity index (χ4v) is 3.46. The van der Waals surface area contributed by atoms with E-state index in [1.165, 1.54) is 11.3 Å². The van der Waals surface area contributed by atoms with Gasteiger partial charge in [-0.05, 0) is 6.26 Å². The van der Waals surface area contributed by atoms with Gasteiger partial charge in [0, 0.05) is 16.7 Å². The lowest BCUT2D eigenvalue weighted by Crippen LogP contribution is -2.23. The van der Waals surface area contributed by atoms with Crippen LogP contribution in [0, 0.1) is 0 Å². The molecule has 0 saturated heterocycles. The Bertz CT molecular complexity index is 562. The molecule has 0 radical (unpaired) electrons. The van der Waals surface area contributed by atoms with Gasteiger partial charge < -0.3 is 5.32 Å². The molecule has 0 saturated carbocycles. The quantitative estimate of drug-likeness (QED) is 0.860. The molecular weight excluding hydrogens is 298 g/mol. The van der Waals surface area contributed by atoms with Crippen molar-refractivity contribution in [2.24, 2.45) is 0 Å². The van der Waals surface area contributed by atoms with E-state index in [9.17, 15) is 4.79 Å². The zero-order chi connectivity index (χ0) is 13.8. The lowest BCUT2D eigenvalue weighted by molar-refractivity contribution is 0.0945. The van der Waals surface area contributed by atoms with Crippen molar-refractivity contribution in [1.82, 2.24) is 15.3 Å². The molecule has 1 amide bonds. The third kappa shape index (κ3) is 3.77. The number of nitrogens with one attached hydrogen (secondary N) is 1. The van der Waals surface area contributed by atoms with Gasteiger partial charge >= 0.3 is 0 Å². The number of thiazole rings is 2. The molecule has 0 fully saturated rings. The number of amides is 1. The Labute approximate surface area is 124 Å². The molecular formula is C12H15N3OS3. The lowest BCUT2D eigenvalue weighted by Gasteiger charge is -2.00. The van der Waals surface area contributed by atoms with Crippen molar-refractivity contribution in [3.63, 3.8) is 0 Å². The van der Waals surface area contributed by atoms with Crippen LogP contribution in [0.1, 0.15) is 41.0 Å². The first kappa shape index (κ1) is 14.5. The van der Waals surface area contributed by atoms with Gasteiger partial charge in [0.15, 0.2) is 0 Å². The molecule has 2 aromatic heterocycles. The summed E-state index contributed by atoms with van der Waals surface area (Å²) in [5.74, 6) is 0.285. The van der Waals surface area contributed by atoms with Crippen LogP contribution in [0.4, 0.5) is 0 Å². The van der Waals surface area contributed by atoms with Crippen LogP contribution in [0.2, 0.25) is 0 Å². The molecule has 0 aromatic carbocycles. The molecule has 2 heterocycles. The SMILES string of the molecule is CSc1nc(C(=O)NCc2csc(C(C)C)n2)cs1. The van der Waals surface area contributed by atoms with E-state index in [1.54, 1.807) is 28.5 Å². The monoisotopic (exact) mass is 313 g/mol. The second-order valence-electron chi connectivity index (χ2n) is 4.22. The van der Waals surface area contributed by atoms with E-state index in [1.807, 2.05) is 11.6 Å². The maximum atomic E-state index is 11.9. The number of thioether (sulfide) groups is 1. The first-order chi connectivity index (χ1) is 9.10. The first-order valence-corrected chi connectivity index (χ1v) is 8.80. The summed E-state index contributed by atoms with van der Waals surface area (Å²) in [6.45, 7) is 4.68. The topological polar surface area (TPSA) is 54.9 Å². The Balaban J connectivity index is 1.92. The highest BCUT2D eigenvalue weighted by Gasteiger charge is 2.11. The number of nitrogens with zero attached hydrogens (tertiary/aromatic N) is 2. The maximum absolute atomic E-state index is 11.9. The van der Waals surface area contributed by atoms with E-state index < -0.39 is 0 Å². The van der Waals surface area contributed by atoms with Crippen molar-refractivity contribution in [2.45, 2.75) is 30.6 Å². The molecule has 0 spiro atoms. The van der Waals surface area contributed by atoms with Gasteiger partial charge in [-0.15, -0.1) is 22.7 Å². The van der Waals surface area contributed by atoms with Gasteiger partial charge in [-0.3, -0.25) is 4.79 Å². The van der Waals surface area contributed by atoms with E-state index in [2.05, 4.69) is 29.1 Å². The van der Waals surface area contributed by atoms with Crippen LogP contribution in [0.5, 0.6) is 0 Å². The van der Waals surface area contributed by atoms with E-state index in [0.29, 0.717) is 18.2 Å². The van der Waals surface area contributed by atoms with E-state index in [0.717, 1.165) is 15.0 Å². The van der Waals surface area contributed by atoms with Gasteiger partial charge in [0.1, 0.15) is 10.0 Å². The summed E-state index contributed by atoms with van der Waals surface area (Å²) >= 11 is 4.66. The zero-order valence-electron chi connectivity index (χ0n) is 11.0. The van der Waals surface area contributed by atoms with Crippen molar-refractivity contribution < 1.29 is 4.79 Å². The van der Waals surface area contributed by atoms with Gasteiger partial charge in [0.05, 0.1) is 17.2 Å². The summed E-state index contributed by atoms with van der Waals surface area (Å²) in [6.07, 6.45) is 1.95. The highest BCUT2D eigenvalue weighted by atomic mass is 32.2. The summed E-state index contributed by atoms with van der Waals surface area (Å²) in [4.78, 5) is 20.6. The number of carbonyl (C=O) groups excluding carboxylic acids is 1. The Hall–Kier alpha value is -0.920. The van der Waals surface area contributed by atoms with E-state index in [-0.39, 0.29) is 5.91 Å². The van der Waals surface area contributed by atoms with Crippen LogP contribution < -0.4 is 5.32 Å². The second-order valence-corrected chi connectivity index (χ2v) is 7.02. The molecule has 0 atom stereocenters. The predicted octanol–water partition coefficient (Wildman–Crippen LogP) is 3.37. The van der Waals surface area contributed by atoms with E-state index in [4.69, 9.17) is 0 Å². The normalized spacial score (nSPS) is 10.9. The molecule has 19 heavy (non-hydrogen) atoms. The van der Waals surface area contributed by atoms with Gasteiger partial charge in [-0.2, -0.15) is 0 Å². The lowest BCUT2D eigenvalue weighted by atomic mass is 10.2. The fraction of sp³-hybridized carbons (Fsp3) is 0.417. The van der Waals surface area contributed by atoms with Crippen LogP contribution in [0.3, 0.4) is 0 Å². The van der Waals surface area contributed by atoms with Crippen LogP contribution >= 0.6 is 34.4 Å². The predicted molar refractivity (Wildman–Crippen MR) is 81.3 cm³/mol. The van der Waals surface area contributed by atoms with Gasteiger partial charge in [0.25, 0.3) is 5.91 Å². The van der Waals surface area contributed by atoms with Crippen molar-refractivity contribution in [1.29, 1.82) is 0 Å². The van der Waals surface area contributed by atoms with Crippen molar-refractivity contribution in [3.8, 4) is 0 Å². The number of carbonyl (C=O) groups is 1. The molecule has 0 aliphatic rings. The standard InChI is InChI=1S/C12H15N3OS3/c1-7(2)11-14-8(5-18-11)4-13-10(16)9-6-19-12(15-9)17-3/h5-7H,4H2,1-3H3,(H,13,16). The molecule has 0 unspecified atom stereocenters. The van der Waals surface area contributed by atoms with Crippen molar-refractivity contribution >= 4 is 40.3 Å². The molecule has 7 heteroatoms. The molecule has 0 aliphatic heterocycles. The average Bonchev–Trinajstić information content (AvgIpc) is 3.04. The molecule has 2 aromatic rings. The largest absolute Gasteiger partial charge is 0.345 e. The third-order valence-corrected chi connectivity index (χ3v) is 5.44. The minimum absolute atomic E-state index is 0.143. The summed E-state index contributed by atoms with van der Waals surface area (Å²) in [5.41, 5.74) is 1.39. The molecule has 0 bridgehead atoms. The highest BCUT2D eigenvalue weighted by Crippen LogP contribution is 2.20. The Morgan fingerprint density at radius 1 is 1.37 bits per heavy atom. The number of hydrogen-bond donors (Lipinski definition) is 1. The van der Waals surface area contributed by atoms with Gasteiger partial charge in [0.2, 0.25) is 0 Å². The summed E-state index contributed by atoms with van der Waals surface area (Å²) in [7, 11) is 0. The van der Waals surface area contributed by atoms with Crippen LogP contribution in [-0.2, 0) is 6.54 Å². The Morgan fingerprint density at radius 3 is 2.74 bits per heavy atom. The number of aromatic nitrogens is 2. The third-order valence-electron chi connectivity index (χ3n) is 2.38. The minimum Gasteiger partial charge on any atom is -0.345 e. The maximum Gasteiger partial charge on any atom is 0.271 e.